The zero-order valence-corrected chi connectivity index (χ0v) is 7.81. The molecule has 1 nitrogen and oxygen atoms in total. The summed E-state index contributed by atoms with van der Waals surface area (Å²) in [6.45, 7) is 0. The minimum atomic E-state index is 0.198. The molecule has 1 aromatic heterocycles. The van der Waals surface area contributed by atoms with E-state index in [1.54, 1.807) is 6.26 Å². The number of thiol groups is 1. The molecule has 11 heavy (non-hydrogen) atoms. The minimum absolute atomic E-state index is 0.198. The van der Waals surface area contributed by atoms with Crippen molar-refractivity contribution >= 4 is 24.2 Å². The van der Waals surface area contributed by atoms with Crippen LogP contribution in [0.1, 0.15) is 23.9 Å². The Balaban J connectivity index is 2.36. The summed E-state index contributed by atoms with van der Waals surface area (Å²) in [7, 11) is 0. The summed E-state index contributed by atoms with van der Waals surface area (Å²) in [6, 6.07) is 3.81. The van der Waals surface area contributed by atoms with Crippen molar-refractivity contribution in [2.45, 2.75) is 18.1 Å². The van der Waals surface area contributed by atoms with E-state index >= 15 is 0 Å². The number of alkyl halides is 1. The third kappa shape index (κ3) is 2.80. The Morgan fingerprint density at radius 2 is 2.45 bits per heavy atom. The van der Waals surface area contributed by atoms with Crippen LogP contribution in [0, 0.1) is 0 Å². The molecule has 0 saturated carbocycles. The monoisotopic (exact) mass is 190 g/mol. The molecule has 0 aliphatic heterocycles. The zero-order chi connectivity index (χ0) is 8.10. The first-order valence-electron chi connectivity index (χ1n) is 3.62. The van der Waals surface area contributed by atoms with Gasteiger partial charge in [-0.2, -0.15) is 12.6 Å². The second kappa shape index (κ2) is 4.73. The summed E-state index contributed by atoms with van der Waals surface area (Å²) in [4.78, 5) is 0. The number of furan rings is 1. The van der Waals surface area contributed by atoms with Gasteiger partial charge in [-0.3, -0.25) is 0 Å². The molecule has 0 radical (unpaired) electrons. The third-order valence-corrected chi connectivity index (χ3v) is 2.26. The maximum atomic E-state index is 5.54. The van der Waals surface area contributed by atoms with Crippen LogP contribution in [0.5, 0.6) is 0 Å². The summed E-state index contributed by atoms with van der Waals surface area (Å²) in [5.74, 6) is 1.62. The van der Waals surface area contributed by atoms with Crippen LogP contribution < -0.4 is 0 Å². The van der Waals surface area contributed by atoms with E-state index in [9.17, 15) is 0 Å². The molecule has 1 heterocycles. The van der Waals surface area contributed by atoms with E-state index in [4.69, 9.17) is 16.0 Å². The van der Waals surface area contributed by atoms with Crippen LogP contribution in [0.4, 0.5) is 0 Å². The molecule has 0 aliphatic rings. The molecule has 0 amide bonds. The number of halogens is 1. The van der Waals surface area contributed by atoms with Crippen LogP contribution in [0.15, 0.2) is 22.8 Å². The number of hydrogen-bond acceptors (Lipinski definition) is 2. The molecule has 0 spiro atoms. The fraction of sp³-hybridized carbons (Fsp3) is 0.500. The Morgan fingerprint density at radius 1 is 1.64 bits per heavy atom. The van der Waals surface area contributed by atoms with E-state index in [0.717, 1.165) is 18.6 Å². The maximum Gasteiger partial charge on any atom is 0.116 e. The van der Waals surface area contributed by atoms with Crippen LogP contribution in [0.3, 0.4) is 0 Å². The van der Waals surface area contributed by atoms with E-state index < -0.39 is 0 Å². The average Bonchev–Trinajstić information content (AvgIpc) is 2.52. The molecule has 1 rings (SSSR count). The van der Waals surface area contributed by atoms with Crippen molar-refractivity contribution in [2.75, 3.05) is 5.88 Å². The topological polar surface area (TPSA) is 13.1 Å². The van der Waals surface area contributed by atoms with Gasteiger partial charge in [-0.15, -0.1) is 11.6 Å². The van der Waals surface area contributed by atoms with Crippen LogP contribution >= 0.6 is 24.2 Å². The molecule has 0 aliphatic carbocycles. The van der Waals surface area contributed by atoms with Crippen molar-refractivity contribution in [1.29, 1.82) is 0 Å². The Morgan fingerprint density at radius 3 is 3.00 bits per heavy atom. The van der Waals surface area contributed by atoms with Gasteiger partial charge in [0.1, 0.15) is 5.76 Å². The lowest BCUT2D eigenvalue weighted by Crippen LogP contribution is -1.88. The van der Waals surface area contributed by atoms with Gasteiger partial charge in [-0.25, -0.2) is 0 Å². The Kier molecular flexibility index (Phi) is 3.87. The molecule has 1 aromatic rings. The lowest BCUT2D eigenvalue weighted by atomic mass is 10.2. The summed E-state index contributed by atoms with van der Waals surface area (Å²) < 4.78 is 5.17. The lowest BCUT2D eigenvalue weighted by Gasteiger charge is -2.04. The van der Waals surface area contributed by atoms with Gasteiger partial charge in [0, 0.05) is 5.88 Å². The van der Waals surface area contributed by atoms with E-state index in [2.05, 4.69) is 12.6 Å². The first-order valence-corrected chi connectivity index (χ1v) is 4.67. The van der Waals surface area contributed by atoms with Gasteiger partial charge in [0.2, 0.25) is 0 Å². The molecule has 0 fully saturated rings. The van der Waals surface area contributed by atoms with E-state index in [1.807, 2.05) is 12.1 Å². The van der Waals surface area contributed by atoms with Crippen LogP contribution in [-0.2, 0) is 0 Å². The summed E-state index contributed by atoms with van der Waals surface area (Å²) in [6.07, 6.45) is 3.62. The maximum absolute atomic E-state index is 5.54. The highest BCUT2D eigenvalue weighted by Gasteiger charge is 2.07. The lowest BCUT2D eigenvalue weighted by molar-refractivity contribution is 0.497. The minimum Gasteiger partial charge on any atom is -0.468 e. The highest BCUT2D eigenvalue weighted by Crippen LogP contribution is 2.25. The molecule has 0 bridgehead atoms. The van der Waals surface area contributed by atoms with Crippen molar-refractivity contribution in [1.82, 2.24) is 0 Å². The van der Waals surface area contributed by atoms with Crippen molar-refractivity contribution < 1.29 is 4.42 Å². The third-order valence-electron chi connectivity index (χ3n) is 1.48. The Labute approximate surface area is 77.1 Å². The molecular weight excluding hydrogens is 180 g/mol. The average molecular weight is 191 g/mol. The molecule has 3 heteroatoms. The number of hydrogen-bond donors (Lipinski definition) is 1. The molecule has 1 unspecified atom stereocenters. The zero-order valence-electron chi connectivity index (χ0n) is 6.16. The van der Waals surface area contributed by atoms with Crippen LogP contribution in [0.2, 0.25) is 0 Å². The van der Waals surface area contributed by atoms with Gasteiger partial charge in [-0.1, -0.05) is 0 Å². The van der Waals surface area contributed by atoms with E-state index in [1.165, 1.54) is 0 Å². The standard InChI is InChI=1S/C8H11ClOS/c9-5-1-4-8(11)7-3-2-6-10-7/h2-3,6,8,11H,1,4-5H2. The quantitative estimate of drug-likeness (QED) is 0.568. The van der Waals surface area contributed by atoms with Gasteiger partial charge < -0.3 is 4.42 Å². The van der Waals surface area contributed by atoms with E-state index in [0.29, 0.717) is 5.88 Å². The second-order valence-electron chi connectivity index (χ2n) is 2.36. The molecule has 0 aromatic carbocycles. The normalized spacial score (nSPS) is 13.3. The summed E-state index contributed by atoms with van der Waals surface area (Å²) in [5, 5.41) is 0.198. The molecule has 0 saturated heterocycles. The molecule has 0 N–H and O–H groups in total. The molecule has 62 valence electrons. The second-order valence-corrected chi connectivity index (χ2v) is 3.36. The predicted octanol–water partition coefficient (Wildman–Crippen LogP) is 3.27. The van der Waals surface area contributed by atoms with Crippen LogP contribution in [-0.4, -0.2) is 5.88 Å². The highest BCUT2D eigenvalue weighted by molar-refractivity contribution is 7.80. The summed E-state index contributed by atoms with van der Waals surface area (Å²) >= 11 is 9.91. The molecule has 1 atom stereocenters. The number of rotatable bonds is 4. The van der Waals surface area contributed by atoms with Crippen molar-refractivity contribution in [2.24, 2.45) is 0 Å². The van der Waals surface area contributed by atoms with E-state index in [-0.39, 0.29) is 5.25 Å². The first-order chi connectivity index (χ1) is 5.34. The fourth-order valence-electron chi connectivity index (χ4n) is 0.894. The Hall–Kier alpha value is -0.0800. The first kappa shape index (κ1) is 9.01. The van der Waals surface area contributed by atoms with Gasteiger partial charge in [-0.05, 0) is 25.0 Å². The van der Waals surface area contributed by atoms with Crippen molar-refractivity contribution in [3.05, 3.63) is 24.2 Å². The van der Waals surface area contributed by atoms with Gasteiger partial charge >= 0.3 is 0 Å². The SMILES string of the molecule is SC(CCCCl)c1ccco1. The smallest absolute Gasteiger partial charge is 0.116 e. The molecular formula is C8H11ClOS. The van der Waals surface area contributed by atoms with Gasteiger partial charge in [0.05, 0.1) is 11.5 Å². The largest absolute Gasteiger partial charge is 0.468 e. The highest BCUT2D eigenvalue weighted by atomic mass is 35.5. The Bertz CT molecular complexity index is 186. The summed E-state index contributed by atoms with van der Waals surface area (Å²) in [5.41, 5.74) is 0. The van der Waals surface area contributed by atoms with Gasteiger partial charge in [0.15, 0.2) is 0 Å². The van der Waals surface area contributed by atoms with Gasteiger partial charge in [0.25, 0.3) is 0 Å². The fourth-order valence-corrected chi connectivity index (χ4v) is 1.38. The predicted molar refractivity (Wildman–Crippen MR) is 50.4 cm³/mol. The van der Waals surface area contributed by atoms with Crippen LogP contribution in [0.25, 0.3) is 0 Å². The van der Waals surface area contributed by atoms with Crippen molar-refractivity contribution in [3.63, 3.8) is 0 Å². The van der Waals surface area contributed by atoms with Crippen molar-refractivity contribution in [3.8, 4) is 0 Å².